The van der Waals surface area contributed by atoms with Gasteiger partial charge in [0, 0.05) is 0 Å². The topological polar surface area (TPSA) is 92.2 Å². The Kier molecular flexibility index (Phi) is 18.6. The van der Waals surface area contributed by atoms with Gasteiger partial charge in [-0.15, -0.1) is 0 Å². The summed E-state index contributed by atoms with van der Waals surface area (Å²) in [7, 11) is 0. The fourth-order valence-corrected chi connectivity index (χ4v) is 0. The van der Waals surface area contributed by atoms with E-state index in [1.165, 1.54) is 0 Å². The van der Waals surface area contributed by atoms with Gasteiger partial charge < -0.3 is 0 Å². The minimum atomic E-state index is -6.00. The third-order valence-corrected chi connectivity index (χ3v) is 0. The van der Waals surface area contributed by atoms with Crippen LogP contribution < -0.4 is 14.8 Å². The van der Waals surface area contributed by atoms with Gasteiger partial charge in [-0.25, -0.2) is 0 Å². The van der Waals surface area contributed by atoms with Crippen LogP contribution in [-0.2, 0) is 18.1 Å². The van der Waals surface area contributed by atoms with Gasteiger partial charge >= 0.3 is 127 Å². The quantitative estimate of drug-likeness (QED) is 0.341. The monoisotopic (exact) mass is 460 g/mol. The molecule has 0 heterocycles. The summed E-state index contributed by atoms with van der Waals surface area (Å²) in [5.74, 6) is 0. The van der Waals surface area contributed by atoms with E-state index in [9.17, 15) is 0 Å². The molecule has 0 rings (SSSR count). The van der Waals surface area contributed by atoms with Crippen LogP contribution in [0.5, 0.6) is 0 Å². The summed E-state index contributed by atoms with van der Waals surface area (Å²) in [6.07, 6.45) is 0. The Morgan fingerprint density at radius 1 is 0.714 bits per heavy atom. The molecule has 4 nitrogen and oxygen atoms in total. The third kappa shape index (κ3) is 42.8. The maximum absolute atomic E-state index is 8.62. The van der Waals surface area contributed by atoms with Crippen LogP contribution >= 0.6 is 0 Å². The average molecular weight is 458 g/mol. The van der Waals surface area contributed by atoms with Crippen LogP contribution in [0.1, 0.15) is 0 Å². The van der Waals surface area contributed by atoms with Crippen molar-refractivity contribution in [2.45, 2.75) is 0 Å². The minimum Gasteiger partial charge on any atom is 2.00 e. The van der Waals surface area contributed by atoms with Crippen LogP contribution in [0.15, 0.2) is 0 Å². The van der Waals surface area contributed by atoms with E-state index < -0.39 is 18.1 Å². The van der Waals surface area contributed by atoms with E-state index in [1.807, 2.05) is 0 Å². The molecule has 0 aromatic rings. The molecule has 0 N–H and O–H groups in total. The smallest absolute Gasteiger partial charge is 2.00 e. The molecule has 0 saturated heterocycles. The summed E-state index contributed by atoms with van der Waals surface area (Å²) in [6, 6.07) is 0. The van der Waals surface area contributed by atoms with E-state index in [2.05, 4.69) is 0 Å². The van der Waals surface area contributed by atoms with Gasteiger partial charge in [0.1, 0.15) is 0 Å². The predicted molar refractivity (Wildman–Crippen MR) is 0 cm³/mol. The fraction of sp³-hybridized carbons (Fsp3) is 0. The molecular formula is O4TiYb2. The summed E-state index contributed by atoms with van der Waals surface area (Å²) < 4.78 is 34.5. The van der Waals surface area contributed by atoms with Crippen molar-refractivity contribution in [1.29, 1.82) is 0 Å². The van der Waals surface area contributed by atoms with Crippen LogP contribution in [0.2, 0.25) is 0 Å². The van der Waals surface area contributed by atoms with Crippen LogP contribution in [-0.4, -0.2) is 0 Å². The first-order valence-corrected chi connectivity index (χ1v) is 3.37. The van der Waals surface area contributed by atoms with E-state index in [1.54, 1.807) is 0 Å². The van der Waals surface area contributed by atoms with Gasteiger partial charge in [-0.05, 0) is 0 Å². The van der Waals surface area contributed by atoms with E-state index in [0.717, 1.165) is 0 Å². The first-order valence-electron chi connectivity index (χ1n) is 0.816. The Balaban J connectivity index is -0.0000000800. The van der Waals surface area contributed by atoms with Crippen molar-refractivity contribution in [3.8, 4) is 0 Å². The summed E-state index contributed by atoms with van der Waals surface area (Å²) in [6.45, 7) is 0. The molecule has 0 unspecified atom stereocenters. The van der Waals surface area contributed by atoms with Crippen LogP contribution in [0.3, 0.4) is 0 Å². The largest absolute Gasteiger partial charge is 2.00 e. The Hall–Kier alpha value is 3.59. The number of hydrogen-bond acceptors (Lipinski definition) is 4. The molecule has 56 valence electrons. The number of hydrogen-bond donors (Lipinski definition) is 0. The predicted octanol–water partition coefficient (Wildman–Crippen LogP) is -4.76. The Morgan fingerprint density at radius 3 is 0.714 bits per heavy atom. The van der Waals surface area contributed by atoms with Crippen molar-refractivity contribution >= 4 is 0 Å². The summed E-state index contributed by atoms with van der Waals surface area (Å²) in [4.78, 5) is 0. The van der Waals surface area contributed by atoms with Crippen LogP contribution in [0.25, 0.3) is 0 Å². The molecule has 0 saturated carbocycles. The summed E-state index contributed by atoms with van der Waals surface area (Å²) >= 11 is -6.00. The Morgan fingerprint density at radius 2 is 0.714 bits per heavy atom. The van der Waals surface area contributed by atoms with Gasteiger partial charge in [0.15, 0.2) is 0 Å². The van der Waals surface area contributed by atoms with Crippen LogP contribution in [0.4, 0.5) is 0 Å². The maximum Gasteiger partial charge on any atom is 2.00 e. The van der Waals surface area contributed by atoms with E-state index in [-0.39, 0.29) is 93.8 Å². The van der Waals surface area contributed by atoms with Crippen LogP contribution in [0, 0.1) is 93.8 Å². The minimum absolute atomic E-state index is 0. The zero-order chi connectivity index (χ0) is 4.50. The summed E-state index contributed by atoms with van der Waals surface area (Å²) in [5, 5.41) is 0. The van der Waals surface area contributed by atoms with Crippen molar-refractivity contribution in [3.05, 3.63) is 0 Å². The van der Waals surface area contributed by atoms with Crippen molar-refractivity contribution in [1.82, 2.24) is 0 Å². The van der Waals surface area contributed by atoms with Gasteiger partial charge in [-0.3, -0.25) is 0 Å². The summed E-state index contributed by atoms with van der Waals surface area (Å²) in [5.41, 5.74) is 0. The molecule has 0 atom stereocenters. The van der Waals surface area contributed by atoms with Gasteiger partial charge in [0.2, 0.25) is 0 Å². The van der Waals surface area contributed by atoms with Gasteiger partial charge in [-0.1, -0.05) is 0 Å². The molecule has 0 aliphatic carbocycles. The fourth-order valence-electron chi connectivity index (χ4n) is 0. The molecule has 0 aliphatic rings. The second-order valence-corrected chi connectivity index (χ2v) is 2.06. The van der Waals surface area contributed by atoms with Crippen molar-refractivity contribution in [2.75, 3.05) is 0 Å². The van der Waals surface area contributed by atoms with Gasteiger partial charge in [0.05, 0.1) is 0 Å². The van der Waals surface area contributed by atoms with Gasteiger partial charge in [-0.2, -0.15) is 0 Å². The first kappa shape index (κ1) is 16.9. The van der Waals surface area contributed by atoms with Gasteiger partial charge in [0.25, 0.3) is 0 Å². The molecule has 0 spiro atoms. The van der Waals surface area contributed by atoms with Crippen molar-refractivity contribution in [3.63, 3.8) is 0 Å². The number of rotatable bonds is 0. The van der Waals surface area contributed by atoms with E-state index in [4.69, 9.17) is 14.8 Å². The first-order chi connectivity index (χ1) is 2.00. The third-order valence-electron chi connectivity index (χ3n) is 0. The molecule has 0 aromatic heterocycles. The van der Waals surface area contributed by atoms with Crippen molar-refractivity contribution in [2.24, 2.45) is 0 Å². The Labute approximate surface area is 123 Å². The molecule has 0 aliphatic heterocycles. The molecule has 0 aromatic carbocycles. The second-order valence-electron chi connectivity index (χ2n) is 0.500. The molecular weight excluding hydrogens is 458 g/mol. The zero-order valence-corrected chi connectivity index (χ0v) is 7.66. The Bertz CT molecular complexity index is 25.2. The van der Waals surface area contributed by atoms with E-state index in [0.29, 0.717) is 0 Å². The molecule has 0 radical (unpaired) electrons. The SMILES string of the molecule is [O-][Ti]([O-])([O-])[O-].[Yb+2].[Yb+2]. The average Bonchev–Trinajstić information content (AvgIpc) is 0.722. The normalized spacial score (nSPS) is 8.57. The second kappa shape index (κ2) is 7.70. The van der Waals surface area contributed by atoms with Crippen molar-refractivity contribution < 1.29 is 127 Å². The zero-order valence-electron chi connectivity index (χ0n) is 2.67. The molecule has 7 heteroatoms. The standard InChI is InChI=1S/4O.Ti.2Yb/q4*-1;;2*+2. The maximum atomic E-state index is 8.62. The van der Waals surface area contributed by atoms with E-state index >= 15 is 0 Å². The molecule has 0 fully saturated rings. The molecule has 0 amide bonds. The molecule has 0 bridgehead atoms. The molecule has 7 heavy (non-hydrogen) atoms.